The lowest BCUT2D eigenvalue weighted by Gasteiger charge is -2.19. The minimum Gasteiger partial charge on any atom is -0.375 e. The molecule has 0 aliphatic rings. The summed E-state index contributed by atoms with van der Waals surface area (Å²) in [5.74, 6) is 0. The van der Waals surface area contributed by atoms with E-state index < -0.39 is 10.0 Å². The highest BCUT2D eigenvalue weighted by atomic mass is 32.2. The van der Waals surface area contributed by atoms with Crippen molar-refractivity contribution in [1.29, 1.82) is 0 Å². The number of anilines is 2. The van der Waals surface area contributed by atoms with Gasteiger partial charge in [0.1, 0.15) is 0 Å². The average Bonchev–Trinajstić information content (AvgIpc) is 2.60. The van der Waals surface area contributed by atoms with Crippen LogP contribution in [-0.2, 0) is 16.4 Å². The quantitative estimate of drug-likeness (QED) is 0.776. The molecule has 0 radical (unpaired) electrons. The molecule has 0 fully saturated rings. The van der Waals surface area contributed by atoms with Crippen LogP contribution in [0.25, 0.3) is 0 Å². The zero-order valence-corrected chi connectivity index (χ0v) is 15.4. The summed E-state index contributed by atoms with van der Waals surface area (Å²) in [6.45, 7) is 5.20. The highest BCUT2D eigenvalue weighted by Crippen LogP contribution is 2.20. The van der Waals surface area contributed by atoms with Crippen LogP contribution in [-0.4, -0.2) is 22.0 Å². The summed E-state index contributed by atoms with van der Waals surface area (Å²) in [6.07, 6.45) is 3.18. The number of benzene rings is 2. The predicted molar refractivity (Wildman–Crippen MR) is 101 cm³/mol. The number of nitrogens with zero attached hydrogens (tertiary/aromatic N) is 1. The molecule has 0 aliphatic heterocycles. The largest absolute Gasteiger partial charge is 0.375 e. The van der Waals surface area contributed by atoms with E-state index in [0.717, 1.165) is 37.1 Å². The van der Waals surface area contributed by atoms with Crippen molar-refractivity contribution in [2.24, 2.45) is 0 Å². The van der Waals surface area contributed by atoms with Crippen molar-refractivity contribution in [2.75, 3.05) is 23.2 Å². The second-order valence-electron chi connectivity index (χ2n) is 5.92. The molecule has 0 heterocycles. The van der Waals surface area contributed by atoms with Crippen molar-refractivity contribution in [3.8, 4) is 0 Å². The maximum Gasteiger partial charge on any atom is 0.261 e. The topological polar surface area (TPSA) is 49.4 Å². The molecule has 0 saturated carbocycles. The van der Waals surface area contributed by atoms with E-state index in [9.17, 15) is 8.42 Å². The minimum atomic E-state index is -3.55. The number of hydrogen-bond donors (Lipinski definition) is 1. The van der Waals surface area contributed by atoms with Crippen molar-refractivity contribution < 1.29 is 8.42 Å². The Morgan fingerprint density at radius 3 is 2.12 bits per heavy atom. The molecule has 0 aliphatic carbocycles. The maximum absolute atomic E-state index is 12.4. The molecule has 2 aromatic rings. The predicted octanol–water partition coefficient (Wildman–Crippen LogP) is 4.29. The van der Waals surface area contributed by atoms with Crippen molar-refractivity contribution in [3.05, 3.63) is 54.1 Å². The number of aryl methyl sites for hydroxylation is 1. The van der Waals surface area contributed by atoms with E-state index in [-0.39, 0.29) is 4.90 Å². The third kappa shape index (κ3) is 4.74. The molecule has 24 heavy (non-hydrogen) atoms. The molecular formula is C19H26N2O2S. The molecule has 4 nitrogen and oxygen atoms in total. The summed E-state index contributed by atoms with van der Waals surface area (Å²) < 4.78 is 27.5. The van der Waals surface area contributed by atoms with Crippen molar-refractivity contribution in [1.82, 2.24) is 0 Å². The molecule has 2 rings (SSSR count). The molecule has 0 aromatic heterocycles. The van der Waals surface area contributed by atoms with Crippen LogP contribution in [0.15, 0.2) is 53.4 Å². The molecule has 0 spiro atoms. The van der Waals surface area contributed by atoms with Crippen LogP contribution < -0.4 is 9.62 Å². The fourth-order valence-electron chi connectivity index (χ4n) is 2.43. The molecule has 5 heteroatoms. The smallest absolute Gasteiger partial charge is 0.261 e. The molecular weight excluding hydrogens is 320 g/mol. The first kappa shape index (κ1) is 18.3. The first-order chi connectivity index (χ1) is 11.5. The number of sulfonamides is 1. The fraction of sp³-hybridized carbons (Fsp3) is 0.368. The molecule has 0 amide bonds. The Kier molecular flexibility index (Phi) is 6.26. The van der Waals surface area contributed by atoms with Crippen LogP contribution in [0.3, 0.4) is 0 Å². The summed E-state index contributed by atoms with van der Waals surface area (Å²) in [7, 11) is -1.50. The number of hydrogen-bond acceptors (Lipinski definition) is 3. The first-order valence-corrected chi connectivity index (χ1v) is 9.87. The summed E-state index contributed by atoms with van der Waals surface area (Å²) in [6, 6.07) is 14.5. The normalized spacial score (nSPS) is 11.3. The zero-order valence-electron chi connectivity index (χ0n) is 14.6. The first-order valence-electron chi connectivity index (χ1n) is 8.39. The van der Waals surface area contributed by atoms with Gasteiger partial charge in [0.25, 0.3) is 10.0 Å². The summed E-state index contributed by atoms with van der Waals surface area (Å²) in [5.41, 5.74) is 2.77. The van der Waals surface area contributed by atoms with Gasteiger partial charge in [-0.3, -0.25) is 4.72 Å². The highest BCUT2D eigenvalue weighted by Gasteiger charge is 2.14. The van der Waals surface area contributed by atoms with Crippen molar-refractivity contribution >= 4 is 21.4 Å². The van der Waals surface area contributed by atoms with Gasteiger partial charge < -0.3 is 4.90 Å². The van der Waals surface area contributed by atoms with Gasteiger partial charge in [-0.05, 0) is 54.8 Å². The third-order valence-corrected chi connectivity index (χ3v) is 5.45. The molecule has 0 atom stereocenters. The van der Waals surface area contributed by atoms with Crippen LogP contribution in [0.1, 0.15) is 32.3 Å². The monoisotopic (exact) mass is 346 g/mol. The molecule has 2 aromatic carbocycles. The maximum atomic E-state index is 12.4. The van der Waals surface area contributed by atoms with Gasteiger partial charge in [-0.2, -0.15) is 0 Å². The number of rotatable bonds is 8. The second-order valence-corrected chi connectivity index (χ2v) is 7.61. The number of unbranched alkanes of at least 4 members (excludes halogenated alkanes) is 1. The Bertz CT molecular complexity index is 738. The zero-order chi connectivity index (χ0) is 17.6. The minimum absolute atomic E-state index is 0.281. The lowest BCUT2D eigenvalue weighted by atomic mass is 10.2. The third-order valence-electron chi connectivity index (χ3n) is 4.05. The van der Waals surface area contributed by atoms with E-state index in [1.807, 2.05) is 38.2 Å². The van der Waals surface area contributed by atoms with Gasteiger partial charge >= 0.3 is 0 Å². The van der Waals surface area contributed by atoms with Gasteiger partial charge in [-0.1, -0.05) is 32.4 Å². The molecule has 0 unspecified atom stereocenters. The molecule has 0 saturated heterocycles. The van der Waals surface area contributed by atoms with E-state index in [1.165, 1.54) is 0 Å². The van der Waals surface area contributed by atoms with Crippen LogP contribution in [0.5, 0.6) is 0 Å². The Morgan fingerprint density at radius 2 is 1.58 bits per heavy atom. The van der Waals surface area contributed by atoms with Gasteiger partial charge in [0.05, 0.1) is 4.90 Å². The molecule has 1 N–H and O–H groups in total. The van der Waals surface area contributed by atoms with Gasteiger partial charge in [0, 0.05) is 25.0 Å². The second kappa shape index (κ2) is 8.20. The van der Waals surface area contributed by atoms with Crippen molar-refractivity contribution in [2.45, 2.75) is 38.0 Å². The van der Waals surface area contributed by atoms with Gasteiger partial charge in [0.2, 0.25) is 0 Å². The van der Waals surface area contributed by atoms with Gasteiger partial charge in [-0.25, -0.2) is 8.42 Å². The molecule has 130 valence electrons. The lowest BCUT2D eigenvalue weighted by molar-refractivity contribution is 0.601. The Balaban J connectivity index is 2.09. The van der Waals surface area contributed by atoms with E-state index in [2.05, 4.69) is 16.5 Å². The standard InChI is InChI=1S/C19H26N2O2S/c1-4-6-15-21(3)18-11-9-17(10-12-18)20-24(22,23)19-13-7-16(5-2)8-14-19/h7-14,20H,4-6,15H2,1-3H3. The Hall–Kier alpha value is -2.01. The Labute approximate surface area is 145 Å². The van der Waals surface area contributed by atoms with E-state index in [1.54, 1.807) is 24.3 Å². The van der Waals surface area contributed by atoms with Gasteiger partial charge in [-0.15, -0.1) is 0 Å². The summed E-state index contributed by atoms with van der Waals surface area (Å²) in [5, 5.41) is 0. The fourth-order valence-corrected chi connectivity index (χ4v) is 3.49. The Morgan fingerprint density at radius 1 is 0.958 bits per heavy atom. The molecule has 0 bridgehead atoms. The van der Waals surface area contributed by atoms with Crippen LogP contribution in [0, 0.1) is 0 Å². The van der Waals surface area contributed by atoms with Crippen molar-refractivity contribution in [3.63, 3.8) is 0 Å². The van der Waals surface area contributed by atoms with Crippen LogP contribution in [0.4, 0.5) is 11.4 Å². The highest BCUT2D eigenvalue weighted by molar-refractivity contribution is 7.92. The summed E-state index contributed by atoms with van der Waals surface area (Å²) in [4.78, 5) is 2.45. The number of nitrogens with one attached hydrogen (secondary N) is 1. The SMILES string of the molecule is CCCCN(C)c1ccc(NS(=O)(=O)c2ccc(CC)cc2)cc1. The van der Waals surface area contributed by atoms with Crippen LogP contribution in [0.2, 0.25) is 0 Å². The van der Waals surface area contributed by atoms with E-state index in [0.29, 0.717) is 5.69 Å². The average molecular weight is 346 g/mol. The van der Waals surface area contributed by atoms with E-state index >= 15 is 0 Å². The van der Waals surface area contributed by atoms with Crippen LogP contribution >= 0.6 is 0 Å². The lowest BCUT2D eigenvalue weighted by Crippen LogP contribution is -2.18. The van der Waals surface area contributed by atoms with E-state index in [4.69, 9.17) is 0 Å². The van der Waals surface area contributed by atoms with Gasteiger partial charge in [0.15, 0.2) is 0 Å². The summed E-state index contributed by atoms with van der Waals surface area (Å²) >= 11 is 0.